The van der Waals surface area contributed by atoms with Crippen molar-refractivity contribution in [2.24, 2.45) is 0 Å². The number of methoxy groups -OCH3 is 2. The summed E-state index contributed by atoms with van der Waals surface area (Å²) in [5, 5.41) is -0.419. The highest BCUT2D eigenvalue weighted by molar-refractivity contribution is 8.00. The molecule has 3 aromatic carbocycles. The Labute approximate surface area is 188 Å². The van der Waals surface area contributed by atoms with Crippen LogP contribution < -0.4 is 9.47 Å². The van der Waals surface area contributed by atoms with E-state index in [2.05, 4.69) is 0 Å². The zero-order chi connectivity index (χ0) is 22.0. The second-order valence-electron chi connectivity index (χ2n) is 7.33. The van der Waals surface area contributed by atoms with E-state index in [9.17, 15) is 8.42 Å². The van der Waals surface area contributed by atoms with Gasteiger partial charge in [-0.25, -0.2) is 8.42 Å². The minimum absolute atomic E-state index is 0.306. The smallest absolute Gasteiger partial charge is 0.244 e. The summed E-state index contributed by atoms with van der Waals surface area (Å²) in [6, 6.07) is 20.7. The van der Waals surface area contributed by atoms with Crippen LogP contribution in [0.3, 0.4) is 0 Å². The standard InChI is InChI=1S/C24H25NO4S2/c1-17-9-11-19(12-10-17)31(26,27)25-16-15-20-21(13-14-22(28-2)23(20)29-3)24(25)30-18-7-5-4-6-8-18/h4-14,24H,15-16H2,1-3H3. The summed E-state index contributed by atoms with van der Waals surface area (Å²) in [6.45, 7) is 2.30. The van der Waals surface area contributed by atoms with Crippen molar-refractivity contribution in [3.05, 3.63) is 83.4 Å². The fraction of sp³-hybridized carbons (Fsp3) is 0.250. The van der Waals surface area contributed by atoms with Crippen molar-refractivity contribution in [2.45, 2.75) is 28.5 Å². The molecule has 4 rings (SSSR count). The second-order valence-corrected chi connectivity index (χ2v) is 10.4. The maximum absolute atomic E-state index is 13.6. The van der Waals surface area contributed by atoms with Crippen LogP contribution in [0, 0.1) is 6.92 Å². The summed E-state index contributed by atoms with van der Waals surface area (Å²) in [6.07, 6.45) is 0.548. The van der Waals surface area contributed by atoms with Gasteiger partial charge in [-0.15, -0.1) is 11.8 Å². The first kappa shape index (κ1) is 21.7. The largest absolute Gasteiger partial charge is 0.493 e. The number of hydrogen-bond donors (Lipinski definition) is 0. The molecule has 1 aliphatic heterocycles. The molecule has 0 saturated carbocycles. The summed E-state index contributed by atoms with van der Waals surface area (Å²) in [5.74, 6) is 1.32. The Morgan fingerprint density at radius 2 is 1.65 bits per heavy atom. The molecule has 0 saturated heterocycles. The van der Waals surface area contributed by atoms with Gasteiger partial charge in [0.1, 0.15) is 5.37 Å². The maximum atomic E-state index is 13.6. The zero-order valence-corrected chi connectivity index (χ0v) is 19.4. The molecule has 0 aromatic heterocycles. The third kappa shape index (κ3) is 4.18. The highest BCUT2D eigenvalue weighted by Crippen LogP contribution is 2.48. The fourth-order valence-corrected chi connectivity index (χ4v) is 6.89. The van der Waals surface area contributed by atoms with Crippen molar-refractivity contribution < 1.29 is 17.9 Å². The summed E-state index contributed by atoms with van der Waals surface area (Å²) >= 11 is 1.52. The van der Waals surface area contributed by atoms with Crippen molar-refractivity contribution >= 4 is 21.8 Å². The van der Waals surface area contributed by atoms with Gasteiger partial charge in [0.2, 0.25) is 10.0 Å². The number of rotatable bonds is 6. The predicted octanol–water partition coefficient (Wildman–Crippen LogP) is 5.05. The summed E-state index contributed by atoms with van der Waals surface area (Å²) < 4.78 is 40.0. The molecule has 162 valence electrons. The Kier molecular flexibility index (Phi) is 6.27. The predicted molar refractivity (Wildman–Crippen MR) is 123 cm³/mol. The summed E-state index contributed by atoms with van der Waals surface area (Å²) in [7, 11) is -0.459. The lowest BCUT2D eigenvalue weighted by Crippen LogP contribution is -2.39. The van der Waals surface area contributed by atoms with E-state index in [1.54, 1.807) is 30.7 Å². The van der Waals surface area contributed by atoms with Crippen LogP contribution in [0.1, 0.15) is 22.1 Å². The van der Waals surface area contributed by atoms with Crippen LogP contribution in [0.2, 0.25) is 0 Å². The van der Waals surface area contributed by atoms with E-state index in [0.717, 1.165) is 21.6 Å². The number of ether oxygens (including phenoxy) is 2. The van der Waals surface area contributed by atoms with Crippen LogP contribution in [0.4, 0.5) is 0 Å². The normalized spacial score (nSPS) is 16.5. The van der Waals surface area contributed by atoms with Crippen LogP contribution >= 0.6 is 11.8 Å². The Balaban J connectivity index is 1.83. The number of hydrogen-bond acceptors (Lipinski definition) is 5. The van der Waals surface area contributed by atoms with Crippen molar-refractivity contribution in [1.82, 2.24) is 4.31 Å². The molecule has 3 aromatic rings. The van der Waals surface area contributed by atoms with E-state index in [4.69, 9.17) is 9.47 Å². The van der Waals surface area contributed by atoms with Crippen LogP contribution in [0.15, 0.2) is 76.5 Å². The van der Waals surface area contributed by atoms with Gasteiger partial charge in [-0.2, -0.15) is 4.31 Å². The first-order valence-corrected chi connectivity index (χ1v) is 12.3. The number of nitrogens with zero attached hydrogens (tertiary/aromatic N) is 1. The Bertz CT molecular complexity index is 1160. The molecule has 1 atom stereocenters. The third-order valence-corrected chi connectivity index (χ3v) is 8.70. The molecule has 1 aliphatic rings. The lowest BCUT2D eigenvalue weighted by molar-refractivity contribution is 0.337. The van der Waals surface area contributed by atoms with Gasteiger partial charge in [-0.3, -0.25) is 0 Å². The molecule has 5 nitrogen and oxygen atoms in total. The lowest BCUT2D eigenvalue weighted by Gasteiger charge is -2.36. The fourth-order valence-electron chi connectivity index (χ4n) is 3.83. The minimum Gasteiger partial charge on any atom is -0.493 e. The molecule has 0 fully saturated rings. The van der Waals surface area contributed by atoms with Crippen molar-refractivity contribution in [3.8, 4) is 11.5 Å². The Morgan fingerprint density at radius 3 is 2.29 bits per heavy atom. The summed E-state index contributed by atoms with van der Waals surface area (Å²) in [5.41, 5.74) is 2.94. The van der Waals surface area contributed by atoms with E-state index in [1.165, 1.54) is 11.8 Å². The van der Waals surface area contributed by atoms with E-state index < -0.39 is 15.4 Å². The molecular formula is C24H25NO4S2. The van der Waals surface area contributed by atoms with Gasteiger partial charge >= 0.3 is 0 Å². The van der Waals surface area contributed by atoms with E-state index in [-0.39, 0.29) is 0 Å². The average Bonchev–Trinajstić information content (AvgIpc) is 2.79. The molecule has 0 amide bonds. The first-order chi connectivity index (χ1) is 15.0. The maximum Gasteiger partial charge on any atom is 0.244 e. The number of thioether (sulfide) groups is 1. The number of benzene rings is 3. The zero-order valence-electron chi connectivity index (χ0n) is 17.7. The topological polar surface area (TPSA) is 55.8 Å². The van der Waals surface area contributed by atoms with Crippen LogP contribution in [-0.4, -0.2) is 33.5 Å². The number of fused-ring (bicyclic) bond motifs is 1. The molecule has 1 heterocycles. The Morgan fingerprint density at radius 1 is 0.935 bits per heavy atom. The van der Waals surface area contributed by atoms with Gasteiger partial charge in [0.25, 0.3) is 0 Å². The second kappa shape index (κ2) is 8.94. The minimum atomic E-state index is -3.69. The first-order valence-electron chi connectivity index (χ1n) is 9.99. The number of sulfonamides is 1. The van der Waals surface area contributed by atoms with Gasteiger partial charge in [-0.05, 0) is 49.2 Å². The van der Waals surface area contributed by atoms with Crippen LogP contribution in [0.25, 0.3) is 0 Å². The van der Waals surface area contributed by atoms with Gasteiger partial charge < -0.3 is 9.47 Å². The van der Waals surface area contributed by atoms with Gasteiger partial charge in [0, 0.05) is 17.0 Å². The molecule has 0 bridgehead atoms. The molecule has 0 N–H and O–H groups in total. The lowest BCUT2D eigenvalue weighted by atomic mass is 9.99. The quantitative estimate of drug-likeness (QED) is 0.521. The van der Waals surface area contributed by atoms with Crippen LogP contribution in [-0.2, 0) is 16.4 Å². The van der Waals surface area contributed by atoms with Crippen molar-refractivity contribution in [3.63, 3.8) is 0 Å². The Hall–Kier alpha value is -2.48. The van der Waals surface area contributed by atoms with Crippen LogP contribution in [0.5, 0.6) is 11.5 Å². The molecular weight excluding hydrogens is 430 g/mol. The van der Waals surface area contributed by atoms with E-state index >= 15 is 0 Å². The molecule has 7 heteroatoms. The molecule has 0 aliphatic carbocycles. The highest BCUT2D eigenvalue weighted by Gasteiger charge is 2.38. The van der Waals surface area contributed by atoms with E-state index in [0.29, 0.717) is 29.4 Å². The average molecular weight is 456 g/mol. The van der Waals surface area contributed by atoms with Gasteiger partial charge in [0.15, 0.2) is 11.5 Å². The van der Waals surface area contributed by atoms with Gasteiger partial charge in [-0.1, -0.05) is 42.0 Å². The SMILES string of the molecule is COc1ccc2c(c1OC)CCN(S(=O)(=O)c1ccc(C)cc1)C2Sc1ccccc1. The highest BCUT2D eigenvalue weighted by atomic mass is 32.2. The van der Waals surface area contributed by atoms with Crippen molar-refractivity contribution in [1.29, 1.82) is 0 Å². The molecule has 0 radical (unpaired) electrons. The third-order valence-electron chi connectivity index (χ3n) is 5.41. The molecule has 0 spiro atoms. The van der Waals surface area contributed by atoms with E-state index in [1.807, 2.05) is 61.5 Å². The van der Waals surface area contributed by atoms with Crippen molar-refractivity contribution in [2.75, 3.05) is 20.8 Å². The molecule has 1 unspecified atom stereocenters. The monoisotopic (exact) mass is 455 g/mol. The number of aryl methyl sites for hydroxylation is 1. The van der Waals surface area contributed by atoms with Gasteiger partial charge in [0.05, 0.1) is 19.1 Å². The summed E-state index contributed by atoms with van der Waals surface area (Å²) in [4.78, 5) is 1.31. The molecule has 31 heavy (non-hydrogen) atoms.